The van der Waals surface area contributed by atoms with Crippen LogP contribution in [0.5, 0.6) is 0 Å². The number of nitrogens with zero attached hydrogens (tertiary/aromatic N) is 3. The average Bonchev–Trinajstić information content (AvgIpc) is 3.31. The second-order valence-electron chi connectivity index (χ2n) is 11.9. The Morgan fingerprint density at radius 2 is 1.80 bits per heavy atom. The molecule has 0 saturated carbocycles. The molecule has 2 heterocycles. The molecule has 41 heavy (non-hydrogen) atoms. The zero-order valence-corrected chi connectivity index (χ0v) is 26.1. The van der Waals surface area contributed by atoms with Gasteiger partial charge in [-0.1, -0.05) is 40.2 Å². The van der Waals surface area contributed by atoms with E-state index >= 15 is 0 Å². The van der Waals surface area contributed by atoms with Gasteiger partial charge in [0.15, 0.2) is 0 Å². The summed E-state index contributed by atoms with van der Waals surface area (Å²) >= 11 is 3.54. The van der Waals surface area contributed by atoms with E-state index in [1.807, 2.05) is 0 Å². The molecule has 1 fully saturated rings. The minimum absolute atomic E-state index is 0.0526. The number of ether oxygens (including phenoxy) is 1. The van der Waals surface area contributed by atoms with Crippen molar-refractivity contribution < 1.29 is 33.3 Å². The van der Waals surface area contributed by atoms with Crippen LogP contribution in [0.2, 0.25) is 0 Å². The second-order valence-corrected chi connectivity index (χ2v) is 14.9. The number of alkyl carbamates (subject to hydrolysis) is 1. The van der Waals surface area contributed by atoms with Crippen LogP contribution in [-0.4, -0.2) is 57.3 Å². The summed E-state index contributed by atoms with van der Waals surface area (Å²) in [4.78, 5) is 42.4. The van der Waals surface area contributed by atoms with Crippen molar-refractivity contribution in [1.29, 1.82) is 0 Å². The number of fused-ring (bicyclic) bond motifs is 1. The van der Waals surface area contributed by atoms with Crippen LogP contribution < -0.4 is 5.32 Å². The van der Waals surface area contributed by atoms with E-state index in [0.717, 1.165) is 4.57 Å². The molecule has 2 aromatic carbocycles. The molecular formula is C28H35BrN4O7S. The highest BCUT2D eigenvalue weighted by molar-refractivity contribution is 9.10. The summed E-state index contributed by atoms with van der Waals surface area (Å²) in [5, 5.41) is 12.0. The van der Waals surface area contributed by atoms with E-state index < -0.39 is 45.4 Å². The topological polar surface area (TPSA) is 154 Å². The van der Waals surface area contributed by atoms with Crippen molar-refractivity contribution in [3.05, 3.63) is 63.9 Å². The van der Waals surface area contributed by atoms with Gasteiger partial charge in [-0.15, -0.1) is 10.8 Å². The van der Waals surface area contributed by atoms with Crippen molar-refractivity contribution in [3.63, 3.8) is 0 Å². The van der Waals surface area contributed by atoms with Crippen LogP contribution in [0.3, 0.4) is 0 Å². The van der Waals surface area contributed by atoms with Crippen molar-refractivity contribution >= 4 is 55.8 Å². The van der Waals surface area contributed by atoms with E-state index in [0.29, 0.717) is 26.6 Å². The molecule has 222 valence electrons. The summed E-state index contributed by atoms with van der Waals surface area (Å²) in [6.45, 7) is 10.4. The molecule has 1 saturated heterocycles. The minimum atomic E-state index is -3.45. The fourth-order valence-corrected chi connectivity index (χ4v) is 8.22. The summed E-state index contributed by atoms with van der Waals surface area (Å²) < 4.78 is 30.4. The second kappa shape index (κ2) is 10.9. The Hall–Kier alpha value is -3.13. The highest BCUT2D eigenvalue weighted by Crippen LogP contribution is 2.66. The largest absolute Gasteiger partial charge is 0.464 e. The molecule has 0 aliphatic carbocycles. The fourth-order valence-electron chi connectivity index (χ4n) is 5.02. The molecule has 3 aromatic rings. The summed E-state index contributed by atoms with van der Waals surface area (Å²) in [7, 11) is -3.45. The number of nitrogens with one attached hydrogen (secondary N) is 1. The monoisotopic (exact) mass is 650 g/mol. The standard InChI is InChI=1S/C28H35BrN4O7S/c1-27(2,3)33-23(34)15-22(41(33,38)39)17-12-11-16(13-18(17)29)14-20(31-25(35)40-28(4,5)6)24-30-19-9-7-8-10-21(19)32(24)26(36)37/h7-13,20,22,38-39H,14-15H2,1-6H3,(H,31,35)(H,36,37). The van der Waals surface area contributed by atoms with E-state index in [9.17, 15) is 28.6 Å². The predicted octanol–water partition coefficient (Wildman–Crippen LogP) is 6.87. The molecule has 1 aliphatic heterocycles. The lowest BCUT2D eigenvalue weighted by atomic mass is 10.0. The number of hydrogen-bond acceptors (Lipinski definition) is 7. The zero-order valence-electron chi connectivity index (χ0n) is 23.7. The first-order chi connectivity index (χ1) is 18.9. The third-order valence-corrected chi connectivity index (χ3v) is 9.64. The van der Waals surface area contributed by atoms with Gasteiger partial charge in [0, 0.05) is 10.9 Å². The van der Waals surface area contributed by atoms with Crippen LogP contribution in [0.4, 0.5) is 9.59 Å². The molecule has 2 atom stereocenters. The number of para-hydroxylation sites is 2. The first-order valence-electron chi connectivity index (χ1n) is 13.0. The lowest BCUT2D eigenvalue weighted by Gasteiger charge is -2.47. The SMILES string of the molecule is CC(C)(C)OC(=O)NC(Cc1ccc(C2CC(=O)N(C(C)(C)C)S2(O)O)c(Br)c1)c1nc2ccccc2n1C(=O)O. The smallest absolute Gasteiger partial charge is 0.417 e. The molecule has 1 aromatic heterocycles. The number of benzene rings is 2. The maximum absolute atomic E-state index is 12.8. The summed E-state index contributed by atoms with van der Waals surface area (Å²) in [5.74, 6) is -0.228. The molecule has 0 spiro atoms. The van der Waals surface area contributed by atoms with Gasteiger partial charge in [0.05, 0.1) is 29.0 Å². The van der Waals surface area contributed by atoms with Crippen LogP contribution in [0.25, 0.3) is 11.0 Å². The van der Waals surface area contributed by atoms with Gasteiger partial charge < -0.3 is 15.2 Å². The molecule has 1 aliphatic rings. The number of carboxylic acid groups (broad SMARTS) is 1. The molecule has 13 heteroatoms. The maximum Gasteiger partial charge on any atom is 0.417 e. The Bertz CT molecular complexity index is 1510. The van der Waals surface area contributed by atoms with E-state index in [2.05, 4.69) is 26.2 Å². The average molecular weight is 652 g/mol. The van der Waals surface area contributed by atoms with E-state index in [4.69, 9.17) is 4.74 Å². The van der Waals surface area contributed by atoms with E-state index in [1.54, 1.807) is 84.0 Å². The summed E-state index contributed by atoms with van der Waals surface area (Å²) in [5.41, 5.74) is 0.532. The molecule has 2 unspecified atom stereocenters. The lowest BCUT2D eigenvalue weighted by molar-refractivity contribution is -0.128. The van der Waals surface area contributed by atoms with E-state index in [-0.39, 0.29) is 24.6 Å². The molecular weight excluding hydrogens is 616 g/mol. The molecule has 0 radical (unpaired) electrons. The minimum Gasteiger partial charge on any atom is -0.464 e. The molecule has 4 rings (SSSR count). The molecule has 4 N–H and O–H groups in total. The van der Waals surface area contributed by atoms with Gasteiger partial charge in [-0.3, -0.25) is 13.9 Å². The van der Waals surface area contributed by atoms with Crippen molar-refractivity contribution in [2.45, 2.75) is 76.8 Å². The number of carbonyl (C=O) groups is 3. The van der Waals surface area contributed by atoms with Gasteiger partial charge in [-0.25, -0.2) is 23.4 Å². The number of carbonyl (C=O) groups excluding carboxylic acids is 2. The number of imidazole rings is 1. The third-order valence-electron chi connectivity index (χ3n) is 6.48. The van der Waals surface area contributed by atoms with Gasteiger partial charge >= 0.3 is 12.2 Å². The quantitative estimate of drug-likeness (QED) is 0.233. The van der Waals surface area contributed by atoms with Crippen LogP contribution >= 0.6 is 26.7 Å². The normalized spacial score (nSPS) is 18.8. The van der Waals surface area contributed by atoms with Crippen molar-refractivity contribution in [3.8, 4) is 0 Å². The highest BCUT2D eigenvalue weighted by atomic mass is 79.9. The molecule has 0 bridgehead atoms. The predicted molar refractivity (Wildman–Crippen MR) is 160 cm³/mol. The van der Waals surface area contributed by atoms with Gasteiger partial charge in [-0.2, -0.15) is 0 Å². The molecule has 11 nitrogen and oxygen atoms in total. The Morgan fingerprint density at radius 1 is 1.15 bits per heavy atom. The first-order valence-corrected chi connectivity index (χ1v) is 15.3. The Labute approximate surface area is 248 Å². The number of halogens is 1. The van der Waals surface area contributed by atoms with Crippen LogP contribution in [-0.2, 0) is 16.0 Å². The fraction of sp³-hybridized carbons (Fsp3) is 0.429. The van der Waals surface area contributed by atoms with Gasteiger partial charge in [0.1, 0.15) is 16.7 Å². The number of amides is 2. The van der Waals surface area contributed by atoms with Gasteiger partial charge in [0.25, 0.3) is 0 Å². The number of aromatic nitrogens is 2. The number of rotatable bonds is 5. The highest BCUT2D eigenvalue weighted by Gasteiger charge is 2.50. The van der Waals surface area contributed by atoms with E-state index in [1.165, 1.54) is 4.31 Å². The Kier molecular flexibility index (Phi) is 8.22. The third kappa shape index (κ3) is 6.37. The van der Waals surface area contributed by atoms with Gasteiger partial charge in [0.2, 0.25) is 5.91 Å². The van der Waals surface area contributed by atoms with Gasteiger partial charge in [-0.05, 0) is 70.9 Å². The van der Waals surface area contributed by atoms with Crippen molar-refractivity contribution in [2.24, 2.45) is 0 Å². The van der Waals surface area contributed by atoms with Crippen molar-refractivity contribution in [2.75, 3.05) is 0 Å². The summed E-state index contributed by atoms with van der Waals surface area (Å²) in [6.07, 6.45) is -1.89. The Balaban J connectivity index is 1.71. The van der Waals surface area contributed by atoms with Crippen LogP contribution in [0, 0.1) is 0 Å². The van der Waals surface area contributed by atoms with Crippen molar-refractivity contribution in [1.82, 2.24) is 19.2 Å². The maximum atomic E-state index is 12.8. The zero-order chi connectivity index (χ0) is 30.5. The number of hydrogen-bond donors (Lipinski definition) is 4. The Morgan fingerprint density at radius 3 is 2.37 bits per heavy atom. The lowest BCUT2D eigenvalue weighted by Crippen LogP contribution is -2.43. The first kappa shape index (κ1) is 30.8. The van der Waals surface area contributed by atoms with Crippen LogP contribution in [0.1, 0.15) is 76.2 Å². The van der Waals surface area contributed by atoms with Crippen LogP contribution in [0.15, 0.2) is 46.9 Å². The molecule has 2 amide bonds. The summed E-state index contributed by atoms with van der Waals surface area (Å²) in [6, 6.07) is 11.1.